The molecule has 2 aromatic heterocycles. The van der Waals surface area contributed by atoms with Gasteiger partial charge < -0.3 is 10.1 Å². The summed E-state index contributed by atoms with van der Waals surface area (Å²) in [4.78, 5) is 17.4. The van der Waals surface area contributed by atoms with Gasteiger partial charge in [0.2, 0.25) is 0 Å². The number of anilines is 2. The molecule has 0 saturated carbocycles. The number of esters is 1. The van der Waals surface area contributed by atoms with Crippen LogP contribution in [0.1, 0.15) is 17.3 Å². The van der Waals surface area contributed by atoms with Crippen molar-refractivity contribution in [1.82, 2.24) is 4.98 Å². The van der Waals surface area contributed by atoms with Crippen LogP contribution in [0.2, 0.25) is 0 Å². The highest BCUT2D eigenvalue weighted by Gasteiger charge is 2.20. The highest BCUT2D eigenvalue weighted by Crippen LogP contribution is 2.36. The van der Waals surface area contributed by atoms with Gasteiger partial charge in [-0.2, -0.15) is 0 Å². The molecule has 0 spiro atoms. The molecule has 5 heteroatoms. The molecular weight excluding hydrogens is 284 g/mol. The Balaban J connectivity index is 2.08. The van der Waals surface area contributed by atoms with Crippen LogP contribution >= 0.6 is 11.3 Å². The van der Waals surface area contributed by atoms with Crippen LogP contribution in [0.25, 0.3) is 10.2 Å². The fourth-order valence-corrected chi connectivity index (χ4v) is 3.13. The average molecular weight is 298 g/mol. The second-order valence-electron chi connectivity index (χ2n) is 4.37. The van der Waals surface area contributed by atoms with Crippen LogP contribution < -0.4 is 5.32 Å². The molecule has 0 aliphatic heterocycles. The first kappa shape index (κ1) is 13.6. The summed E-state index contributed by atoms with van der Waals surface area (Å²) in [5, 5.41) is 4.86. The Morgan fingerprint density at radius 2 is 2.05 bits per heavy atom. The number of nitrogens with one attached hydrogen (secondary N) is 1. The normalized spacial score (nSPS) is 10.5. The maximum absolute atomic E-state index is 12.2. The van der Waals surface area contributed by atoms with Crippen LogP contribution in [0, 0.1) is 0 Å². The number of aromatic nitrogens is 1. The first-order valence-corrected chi connectivity index (χ1v) is 7.48. The van der Waals surface area contributed by atoms with Crippen molar-refractivity contribution >= 4 is 38.2 Å². The van der Waals surface area contributed by atoms with E-state index in [-0.39, 0.29) is 5.97 Å². The monoisotopic (exact) mass is 298 g/mol. The van der Waals surface area contributed by atoms with Crippen molar-refractivity contribution in [3.8, 4) is 0 Å². The lowest BCUT2D eigenvalue weighted by Gasteiger charge is -2.07. The maximum atomic E-state index is 12.2. The summed E-state index contributed by atoms with van der Waals surface area (Å²) in [7, 11) is 0. The Bertz CT molecular complexity index is 768. The van der Waals surface area contributed by atoms with Gasteiger partial charge in [0.25, 0.3) is 0 Å². The number of thiophene rings is 1. The lowest BCUT2D eigenvalue weighted by Crippen LogP contribution is -2.06. The molecule has 0 unspecified atom stereocenters. The number of carbonyl (C=O) groups is 1. The van der Waals surface area contributed by atoms with Crippen LogP contribution in [0.3, 0.4) is 0 Å². The zero-order chi connectivity index (χ0) is 14.7. The predicted octanol–water partition coefficient (Wildman–Crippen LogP) is 4.22. The summed E-state index contributed by atoms with van der Waals surface area (Å²) < 4.78 is 5.17. The number of benzene rings is 1. The minimum Gasteiger partial charge on any atom is -0.462 e. The molecule has 4 nitrogen and oxygen atoms in total. The number of carbonyl (C=O) groups excluding carboxylic acids is 1. The number of rotatable bonds is 4. The van der Waals surface area contributed by atoms with Crippen molar-refractivity contribution in [2.45, 2.75) is 6.92 Å². The van der Waals surface area contributed by atoms with E-state index in [0.29, 0.717) is 12.2 Å². The van der Waals surface area contributed by atoms with Gasteiger partial charge in [0.15, 0.2) is 0 Å². The second kappa shape index (κ2) is 5.93. The molecule has 0 aliphatic rings. The highest BCUT2D eigenvalue weighted by molar-refractivity contribution is 7.23. The van der Waals surface area contributed by atoms with E-state index in [2.05, 4.69) is 10.3 Å². The maximum Gasteiger partial charge on any atom is 0.341 e. The van der Waals surface area contributed by atoms with E-state index >= 15 is 0 Å². The minimum absolute atomic E-state index is 0.324. The molecule has 0 fully saturated rings. The van der Waals surface area contributed by atoms with Crippen molar-refractivity contribution in [3.05, 3.63) is 54.2 Å². The van der Waals surface area contributed by atoms with Gasteiger partial charge in [-0.25, -0.2) is 9.78 Å². The van der Waals surface area contributed by atoms with E-state index in [9.17, 15) is 4.79 Å². The summed E-state index contributed by atoms with van der Waals surface area (Å²) in [6.45, 7) is 2.15. The van der Waals surface area contributed by atoms with E-state index in [1.807, 2.05) is 42.5 Å². The number of para-hydroxylation sites is 1. The Kier molecular flexibility index (Phi) is 3.83. The van der Waals surface area contributed by atoms with Crippen LogP contribution in [0.5, 0.6) is 0 Å². The third-order valence-electron chi connectivity index (χ3n) is 2.98. The molecule has 2 heterocycles. The molecule has 0 bridgehead atoms. The van der Waals surface area contributed by atoms with E-state index in [4.69, 9.17) is 4.74 Å². The molecule has 3 rings (SSSR count). The van der Waals surface area contributed by atoms with E-state index in [1.165, 1.54) is 11.3 Å². The van der Waals surface area contributed by atoms with E-state index in [0.717, 1.165) is 20.9 Å². The molecule has 3 aromatic rings. The molecule has 0 amide bonds. The topological polar surface area (TPSA) is 51.2 Å². The third-order valence-corrected chi connectivity index (χ3v) is 4.01. The Morgan fingerprint density at radius 3 is 2.81 bits per heavy atom. The lowest BCUT2D eigenvalue weighted by atomic mass is 10.2. The molecule has 1 N–H and O–H groups in total. The van der Waals surface area contributed by atoms with Crippen molar-refractivity contribution in [3.63, 3.8) is 0 Å². The van der Waals surface area contributed by atoms with Crippen LogP contribution in [0.15, 0.2) is 48.7 Å². The number of pyridine rings is 1. The summed E-state index contributed by atoms with van der Waals surface area (Å²) in [5.41, 5.74) is 1.48. The summed E-state index contributed by atoms with van der Waals surface area (Å²) in [6, 6.07) is 13.4. The van der Waals surface area contributed by atoms with Gasteiger partial charge in [-0.15, -0.1) is 0 Å². The molecule has 1 aromatic carbocycles. The zero-order valence-electron chi connectivity index (χ0n) is 11.5. The molecule has 106 valence electrons. The number of fused-ring (bicyclic) bond motifs is 1. The van der Waals surface area contributed by atoms with Gasteiger partial charge in [-0.05, 0) is 31.2 Å². The Labute approximate surface area is 126 Å². The van der Waals surface area contributed by atoms with E-state index in [1.54, 1.807) is 13.1 Å². The van der Waals surface area contributed by atoms with Crippen molar-refractivity contribution in [1.29, 1.82) is 0 Å². The largest absolute Gasteiger partial charge is 0.462 e. The molecule has 0 atom stereocenters. The summed E-state index contributed by atoms with van der Waals surface area (Å²) in [6.07, 6.45) is 1.72. The fourth-order valence-electron chi connectivity index (χ4n) is 2.08. The third kappa shape index (κ3) is 2.73. The Hall–Kier alpha value is -2.40. The van der Waals surface area contributed by atoms with Gasteiger partial charge in [-0.3, -0.25) is 0 Å². The summed E-state index contributed by atoms with van der Waals surface area (Å²) in [5.74, 6) is -0.324. The van der Waals surface area contributed by atoms with Crippen molar-refractivity contribution in [2.24, 2.45) is 0 Å². The zero-order valence-corrected chi connectivity index (χ0v) is 12.3. The van der Waals surface area contributed by atoms with Gasteiger partial charge in [0.05, 0.1) is 6.61 Å². The molecule has 0 radical (unpaired) electrons. The van der Waals surface area contributed by atoms with E-state index < -0.39 is 0 Å². The molecule has 0 aliphatic carbocycles. The summed E-state index contributed by atoms with van der Waals surface area (Å²) >= 11 is 1.45. The number of hydrogen-bond donors (Lipinski definition) is 1. The quantitative estimate of drug-likeness (QED) is 0.733. The predicted molar refractivity (Wildman–Crippen MR) is 85.3 cm³/mol. The Morgan fingerprint density at radius 1 is 1.24 bits per heavy atom. The SMILES string of the molecule is CCOC(=O)c1c(Nc2ccccc2)sc2ncccc12. The molecular formula is C16H14N2O2S. The first-order valence-electron chi connectivity index (χ1n) is 6.66. The van der Waals surface area contributed by atoms with Gasteiger partial charge in [0.1, 0.15) is 15.4 Å². The average Bonchev–Trinajstić information content (AvgIpc) is 2.86. The second-order valence-corrected chi connectivity index (χ2v) is 5.37. The van der Waals surface area contributed by atoms with Gasteiger partial charge in [0, 0.05) is 17.3 Å². The smallest absolute Gasteiger partial charge is 0.341 e. The molecule has 21 heavy (non-hydrogen) atoms. The number of nitrogens with zero attached hydrogens (tertiary/aromatic N) is 1. The fraction of sp³-hybridized carbons (Fsp3) is 0.125. The first-order chi connectivity index (χ1) is 10.3. The number of hydrogen-bond acceptors (Lipinski definition) is 5. The minimum atomic E-state index is -0.324. The number of ether oxygens (including phenoxy) is 1. The lowest BCUT2D eigenvalue weighted by molar-refractivity contribution is 0.0530. The standard InChI is InChI=1S/C16H14N2O2S/c1-2-20-16(19)13-12-9-6-10-17-14(12)21-15(13)18-11-7-4-3-5-8-11/h3-10,18H,2H2,1H3. The molecule has 0 saturated heterocycles. The van der Waals surface area contributed by atoms with Crippen molar-refractivity contribution in [2.75, 3.05) is 11.9 Å². The van der Waals surface area contributed by atoms with Crippen LogP contribution in [0.4, 0.5) is 10.7 Å². The van der Waals surface area contributed by atoms with Crippen LogP contribution in [-0.4, -0.2) is 17.6 Å². The van der Waals surface area contributed by atoms with Crippen molar-refractivity contribution < 1.29 is 9.53 Å². The van der Waals surface area contributed by atoms with Gasteiger partial charge in [-0.1, -0.05) is 29.5 Å². The highest BCUT2D eigenvalue weighted by atomic mass is 32.1. The van der Waals surface area contributed by atoms with Crippen LogP contribution in [-0.2, 0) is 4.74 Å². The van der Waals surface area contributed by atoms with Gasteiger partial charge >= 0.3 is 5.97 Å².